The van der Waals surface area contributed by atoms with Gasteiger partial charge in [-0.1, -0.05) is 46.5 Å². The minimum Gasteiger partial charge on any atom is -0.468 e. The average molecular weight is 946 g/mol. The third-order valence-corrected chi connectivity index (χ3v) is 15.6. The molecule has 21 heteroatoms. The van der Waals surface area contributed by atoms with Crippen LogP contribution in [0, 0.1) is 11.8 Å². The monoisotopic (exact) mass is 945 g/mol. The van der Waals surface area contributed by atoms with Gasteiger partial charge in [0.2, 0.25) is 23.6 Å². The number of nitrogens with zero attached hydrogens (tertiary/aromatic N) is 1. The van der Waals surface area contributed by atoms with E-state index in [-0.39, 0.29) is 55.6 Å². The van der Waals surface area contributed by atoms with Gasteiger partial charge in [-0.25, -0.2) is 0 Å². The Morgan fingerprint density at radius 1 is 0.781 bits per heavy atom. The number of aliphatic hydroxyl groups is 4. The molecule has 2 aliphatic heterocycles. The van der Waals surface area contributed by atoms with Crippen molar-refractivity contribution in [3.05, 3.63) is 0 Å². The molecule has 3 fully saturated rings. The van der Waals surface area contributed by atoms with Crippen molar-refractivity contribution < 1.29 is 58.7 Å². The zero-order valence-electron chi connectivity index (χ0n) is 38.6. The van der Waals surface area contributed by atoms with Crippen molar-refractivity contribution in [1.29, 1.82) is 0 Å². The first-order valence-corrected chi connectivity index (χ1v) is 24.7. The van der Waals surface area contributed by atoms with E-state index in [4.69, 9.17) is 0 Å². The first kappa shape index (κ1) is 55.4. The number of hydrogen-bond acceptors (Lipinski definition) is 17. The summed E-state index contributed by atoms with van der Waals surface area (Å²) in [4.78, 5) is 92.1. The van der Waals surface area contributed by atoms with Crippen LogP contribution in [0.2, 0.25) is 0 Å². The number of methoxy groups -OCH3 is 1. The fourth-order valence-electron chi connectivity index (χ4n) is 8.65. The normalized spacial score (nSPS) is 21.8. The van der Waals surface area contributed by atoms with Gasteiger partial charge in [0.1, 0.15) is 48.4 Å². The minimum absolute atomic E-state index is 0.00600. The Bertz CT molecular complexity index is 1570. The van der Waals surface area contributed by atoms with Gasteiger partial charge in [0.25, 0.3) is 0 Å². The lowest BCUT2D eigenvalue weighted by Crippen LogP contribution is -2.63. The molecule has 10 atom stereocenters. The number of carbonyl (C=O) groups is 7. The summed E-state index contributed by atoms with van der Waals surface area (Å²) in [5, 5.41) is 62.3. The number of ketones is 2. The molecule has 1 aliphatic carbocycles. The molecule has 1 spiro atoms. The summed E-state index contributed by atoms with van der Waals surface area (Å²) in [5.41, 5.74) is 0. The lowest BCUT2D eigenvalue weighted by molar-refractivity contribution is -0.142. The van der Waals surface area contributed by atoms with Crippen LogP contribution in [0.1, 0.15) is 119 Å². The molecule has 5 unspecified atom stereocenters. The highest BCUT2D eigenvalue weighted by molar-refractivity contribution is 8.21. The standard InChI is InChI=1S/C43H75N7O12S2/c1-8-12-29(36(55)41(60)44-22-33(54)62-7)46-39(58)32-21-43(63-19-20-64-43)23-50(32)42(61)35(28-13-10-9-11-14-28)49-40(59)34(24(2)3)48-38(57)31(18-16-26(5)52)47-37(56)30(45-27(6)53)17-15-25(4)51/h24,28-32,34-36,38-39,41,44,46,48,55,57-58,60H,8-23H2,1-7H3,(H,45,53)(H,47,56)(H,49,59)/t29?,30?,31?,32-,34?,35?,36+,38+,39-,41-/m0/s1. The van der Waals surface area contributed by atoms with Gasteiger partial charge in [-0.3, -0.25) is 39.9 Å². The van der Waals surface area contributed by atoms with Crippen LogP contribution in [0.3, 0.4) is 0 Å². The van der Waals surface area contributed by atoms with E-state index in [1.165, 1.54) is 27.9 Å². The molecule has 366 valence electrons. The number of nitrogens with one attached hydrogen (secondary N) is 6. The summed E-state index contributed by atoms with van der Waals surface area (Å²) in [7, 11) is 1.20. The Morgan fingerprint density at radius 3 is 1.97 bits per heavy atom. The van der Waals surface area contributed by atoms with E-state index >= 15 is 4.79 Å². The molecule has 0 aromatic heterocycles. The third kappa shape index (κ3) is 17.1. The fraction of sp³-hybridized carbons (Fsp3) is 0.837. The molecule has 1 saturated carbocycles. The van der Waals surface area contributed by atoms with Gasteiger partial charge in [0, 0.05) is 43.9 Å². The largest absolute Gasteiger partial charge is 0.468 e. The summed E-state index contributed by atoms with van der Waals surface area (Å²) >= 11 is 3.44. The zero-order chi connectivity index (χ0) is 47.7. The molecule has 4 amide bonds. The van der Waals surface area contributed by atoms with E-state index in [0.717, 1.165) is 30.8 Å². The summed E-state index contributed by atoms with van der Waals surface area (Å²) in [5.74, 6) is -2.10. The molecular weight excluding hydrogens is 871 g/mol. The Hall–Kier alpha value is -2.89. The maximum Gasteiger partial charge on any atom is 0.319 e. The zero-order valence-corrected chi connectivity index (χ0v) is 40.2. The van der Waals surface area contributed by atoms with Crippen LogP contribution in [0.4, 0.5) is 0 Å². The van der Waals surface area contributed by atoms with Gasteiger partial charge in [-0.05, 0) is 64.2 Å². The maximum atomic E-state index is 15.1. The van der Waals surface area contributed by atoms with Crippen LogP contribution >= 0.6 is 23.5 Å². The lowest BCUT2D eigenvalue weighted by atomic mass is 9.83. The third-order valence-electron chi connectivity index (χ3n) is 12.2. The maximum absolute atomic E-state index is 15.1. The molecule has 0 aromatic rings. The van der Waals surface area contributed by atoms with E-state index in [1.807, 2.05) is 6.92 Å². The summed E-state index contributed by atoms with van der Waals surface area (Å²) < 4.78 is 4.21. The Morgan fingerprint density at radius 2 is 1.41 bits per heavy atom. The van der Waals surface area contributed by atoms with Crippen LogP contribution in [0.15, 0.2) is 0 Å². The van der Waals surface area contributed by atoms with Gasteiger partial charge < -0.3 is 55.6 Å². The predicted molar refractivity (Wildman–Crippen MR) is 243 cm³/mol. The quantitative estimate of drug-likeness (QED) is 0.0384. The van der Waals surface area contributed by atoms with Gasteiger partial charge in [-0.15, -0.1) is 23.5 Å². The Balaban J connectivity index is 1.90. The summed E-state index contributed by atoms with van der Waals surface area (Å²) in [6, 6.07) is -5.87. The molecule has 3 aliphatic rings. The predicted octanol–water partition coefficient (Wildman–Crippen LogP) is 0.00780. The van der Waals surface area contributed by atoms with Crippen molar-refractivity contribution in [2.24, 2.45) is 11.8 Å². The first-order chi connectivity index (χ1) is 30.2. The second kappa shape index (κ2) is 27.1. The van der Waals surface area contributed by atoms with Crippen molar-refractivity contribution in [1.82, 2.24) is 36.8 Å². The van der Waals surface area contributed by atoms with Gasteiger partial charge in [0.05, 0.1) is 35.9 Å². The van der Waals surface area contributed by atoms with Crippen LogP contribution in [-0.4, -0.2) is 163 Å². The average Bonchev–Trinajstić information content (AvgIpc) is 3.88. The van der Waals surface area contributed by atoms with Crippen molar-refractivity contribution in [3.8, 4) is 0 Å². The smallest absolute Gasteiger partial charge is 0.319 e. The van der Waals surface area contributed by atoms with E-state index in [0.29, 0.717) is 38.6 Å². The molecular formula is C43H75N7O12S2. The van der Waals surface area contributed by atoms with Crippen molar-refractivity contribution >= 4 is 64.7 Å². The highest BCUT2D eigenvalue weighted by atomic mass is 32.2. The number of likely N-dealkylation sites (tertiary alicyclic amines) is 1. The molecule has 0 radical (unpaired) electrons. The fourth-order valence-corrected chi connectivity index (χ4v) is 11.9. The molecule has 64 heavy (non-hydrogen) atoms. The highest BCUT2D eigenvalue weighted by Gasteiger charge is 2.53. The lowest BCUT2D eigenvalue weighted by Gasteiger charge is -2.38. The first-order valence-electron chi connectivity index (χ1n) is 22.7. The minimum atomic E-state index is -1.56. The second-order valence-corrected chi connectivity index (χ2v) is 21.0. The van der Waals surface area contributed by atoms with Gasteiger partial charge in [-0.2, -0.15) is 0 Å². The summed E-state index contributed by atoms with van der Waals surface area (Å²) in [6.45, 7) is 9.33. The Labute approximate surface area is 386 Å². The van der Waals surface area contributed by atoms with E-state index in [2.05, 4.69) is 36.6 Å². The van der Waals surface area contributed by atoms with Gasteiger partial charge >= 0.3 is 5.97 Å². The highest BCUT2D eigenvalue weighted by Crippen LogP contribution is 2.52. The summed E-state index contributed by atoms with van der Waals surface area (Å²) in [6.07, 6.45) is -0.507. The molecule has 2 heterocycles. The van der Waals surface area contributed by atoms with Crippen LogP contribution < -0.4 is 31.9 Å². The number of carbonyl (C=O) groups excluding carboxylic acids is 7. The number of esters is 1. The SMILES string of the molecule is CCCC(N[C@@H](O)[C@@H]1CC2(CN1C(=O)C(NC(=O)C(N[C@H](O)C(CCC(C)=O)NC(=O)C(CCC(C)=O)NC(C)=O)C(C)C)C1CCCCC1)SCCS2)[C@@H](O)[C@H](O)NCC(=O)OC. The Kier molecular flexibility index (Phi) is 23.4. The van der Waals surface area contributed by atoms with E-state index < -0.39 is 94.7 Å². The van der Waals surface area contributed by atoms with Crippen molar-refractivity contribution in [2.75, 3.05) is 31.7 Å². The number of hydrogen-bond donors (Lipinski definition) is 10. The molecule has 3 rings (SSSR count). The number of ether oxygens (including phenoxy) is 1. The molecule has 19 nitrogen and oxygen atoms in total. The van der Waals surface area contributed by atoms with Crippen LogP contribution in [-0.2, 0) is 38.3 Å². The van der Waals surface area contributed by atoms with Crippen molar-refractivity contribution in [3.63, 3.8) is 0 Å². The number of aliphatic hydroxyl groups excluding tert-OH is 4. The second-order valence-electron chi connectivity index (χ2n) is 17.8. The molecule has 2 saturated heterocycles. The van der Waals surface area contributed by atoms with Gasteiger partial charge in [0.15, 0.2) is 0 Å². The van der Waals surface area contributed by atoms with Crippen LogP contribution in [0.25, 0.3) is 0 Å². The van der Waals surface area contributed by atoms with E-state index in [9.17, 15) is 49.2 Å². The number of rotatable bonds is 27. The van der Waals surface area contributed by atoms with Crippen LogP contribution in [0.5, 0.6) is 0 Å². The number of Topliss-reactive ketones (excluding diaryl/α,β-unsaturated/α-hetero) is 2. The molecule has 0 bridgehead atoms. The molecule has 10 N–H and O–H groups in total. The molecule has 0 aromatic carbocycles. The van der Waals surface area contributed by atoms with Crippen molar-refractivity contribution in [2.45, 2.75) is 184 Å². The van der Waals surface area contributed by atoms with E-state index in [1.54, 1.807) is 42.3 Å². The topological polar surface area (TPSA) is 285 Å². The number of thioether (sulfide) groups is 2. The number of amides is 4.